The number of hydrogen-bond acceptors (Lipinski definition) is 3. The van der Waals surface area contributed by atoms with Crippen LogP contribution in [-0.2, 0) is 6.61 Å². The molecule has 0 aliphatic rings. The van der Waals surface area contributed by atoms with E-state index >= 15 is 0 Å². The molecule has 1 aromatic carbocycles. The van der Waals surface area contributed by atoms with Gasteiger partial charge < -0.3 is 9.15 Å². The Morgan fingerprint density at radius 1 is 1.19 bits per heavy atom. The molecule has 82 valence electrons. The van der Waals surface area contributed by atoms with Crippen molar-refractivity contribution in [3.05, 3.63) is 64.0 Å². The van der Waals surface area contributed by atoms with Gasteiger partial charge in [-0.15, -0.1) is 0 Å². The van der Waals surface area contributed by atoms with Crippen molar-refractivity contribution in [2.75, 3.05) is 0 Å². The number of benzene rings is 1. The van der Waals surface area contributed by atoms with Gasteiger partial charge in [-0.1, -0.05) is 30.3 Å². The third kappa shape index (κ3) is 2.73. The summed E-state index contributed by atoms with van der Waals surface area (Å²) in [5.74, 6) is 0.810. The van der Waals surface area contributed by atoms with Crippen LogP contribution in [0.2, 0.25) is 0 Å². The third-order valence-electron chi connectivity index (χ3n) is 2.09. The lowest BCUT2D eigenvalue weighted by Gasteiger charge is -2.04. The van der Waals surface area contributed by atoms with E-state index in [9.17, 15) is 4.79 Å². The van der Waals surface area contributed by atoms with Crippen molar-refractivity contribution in [3.8, 4) is 5.95 Å². The Bertz CT molecular complexity index is 514. The molecular weight excluding hydrogens is 204 g/mol. The van der Waals surface area contributed by atoms with Gasteiger partial charge >= 0.3 is 0 Å². The first-order valence-corrected chi connectivity index (χ1v) is 5.02. The van der Waals surface area contributed by atoms with Crippen molar-refractivity contribution in [2.24, 2.45) is 0 Å². The van der Waals surface area contributed by atoms with E-state index in [2.05, 4.69) is 0 Å². The number of ether oxygens (including phenoxy) is 1. The van der Waals surface area contributed by atoms with Crippen LogP contribution in [0.5, 0.6) is 5.95 Å². The molecule has 0 radical (unpaired) electrons. The fourth-order valence-electron chi connectivity index (χ4n) is 1.38. The SMILES string of the molecule is Cc1cc(=O)cc(OCc2ccccc2)o1. The summed E-state index contributed by atoms with van der Waals surface area (Å²) in [6.07, 6.45) is 0. The van der Waals surface area contributed by atoms with E-state index < -0.39 is 0 Å². The second-order valence-corrected chi connectivity index (χ2v) is 3.50. The molecule has 0 bridgehead atoms. The molecule has 2 aromatic rings. The zero-order valence-electron chi connectivity index (χ0n) is 8.97. The highest BCUT2D eigenvalue weighted by molar-refractivity contribution is 5.15. The molecule has 0 aliphatic heterocycles. The summed E-state index contributed by atoms with van der Waals surface area (Å²) >= 11 is 0. The molecule has 0 unspecified atom stereocenters. The number of rotatable bonds is 3. The van der Waals surface area contributed by atoms with Gasteiger partial charge in [-0.25, -0.2) is 0 Å². The van der Waals surface area contributed by atoms with E-state index in [0.29, 0.717) is 12.4 Å². The molecule has 0 fully saturated rings. The second kappa shape index (κ2) is 4.66. The minimum Gasteiger partial charge on any atom is -0.460 e. The lowest BCUT2D eigenvalue weighted by atomic mass is 10.2. The van der Waals surface area contributed by atoms with Crippen molar-refractivity contribution in [2.45, 2.75) is 13.5 Å². The van der Waals surface area contributed by atoms with Gasteiger partial charge in [0.1, 0.15) is 12.4 Å². The lowest BCUT2D eigenvalue weighted by molar-refractivity contribution is 0.222. The maximum Gasteiger partial charge on any atom is 0.288 e. The van der Waals surface area contributed by atoms with Crippen LogP contribution in [0, 0.1) is 6.92 Å². The third-order valence-corrected chi connectivity index (χ3v) is 2.09. The Balaban J connectivity index is 2.08. The predicted octanol–water partition coefficient (Wildman–Crippen LogP) is 2.53. The summed E-state index contributed by atoms with van der Waals surface area (Å²) in [5, 5.41) is 0. The summed E-state index contributed by atoms with van der Waals surface area (Å²) in [5.41, 5.74) is 0.929. The standard InChI is InChI=1S/C13H12O3/c1-10-7-12(14)8-13(16-10)15-9-11-5-3-2-4-6-11/h2-8H,9H2,1H3. The van der Waals surface area contributed by atoms with Crippen molar-refractivity contribution in [1.29, 1.82) is 0 Å². The van der Waals surface area contributed by atoms with Crippen molar-refractivity contribution >= 4 is 0 Å². The van der Waals surface area contributed by atoms with Crippen LogP contribution < -0.4 is 10.2 Å². The summed E-state index contributed by atoms with van der Waals surface area (Å²) in [4.78, 5) is 11.2. The molecule has 3 heteroatoms. The summed E-state index contributed by atoms with van der Waals surface area (Å²) in [7, 11) is 0. The van der Waals surface area contributed by atoms with Gasteiger partial charge in [-0.05, 0) is 12.5 Å². The molecule has 0 N–H and O–H groups in total. The first kappa shape index (κ1) is 10.5. The van der Waals surface area contributed by atoms with E-state index in [0.717, 1.165) is 5.56 Å². The van der Waals surface area contributed by atoms with Crippen LogP contribution in [0.25, 0.3) is 0 Å². The first-order chi connectivity index (χ1) is 7.74. The normalized spacial score (nSPS) is 10.1. The van der Waals surface area contributed by atoms with Gasteiger partial charge in [0, 0.05) is 6.07 Å². The van der Waals surface area contributed by atoms with E-state index in [-0.39, 0.29) is 11.4 Å². The van der Waals surface area contributed by atoms with Gasteiger partial charge in [0.2, 0.25) is 0 Å². The fourth-order valence-corrected chi connectivity index (χ4v) is 1.38. The Kier molecular flexibility index (Phi) is 3.05. The average Bonchev–Trinajstić information content (AvgIpc) is 2.27. The molecule has 3 nitrogen and oxygen atoms in total. The summed E-state index contributed by atoms with van der Waals surface area (Å²) in [6, 6.07) is 12.5. The van der Waals surface area contributed by atoms with Gasteiger partial charge in [0.05, 0.1) is 6.07 Å². The van der Waals surface area contributed by atoms with E-state index in [4.69, 9.17) is 9.15 Å². The minimum atomic E-state index is -0.105. The molecule has 1 heterocycles. The Morgan fingerprint density at radius 3 is 2.62 bits per heavy atom. The van der Waals surface area contributed by atoms with Crippen LogP contribution in [0.15, 0.2) is 51.7 Å². The predicted molar refractivity (Wildman–Crippen MR) is 60.5 cm³/mol. The molecule has 0 aliphatic carbocycles. The highest BCUT2D eigenvalue weighted by atomic mass is 16.6. The summed E-state index contributed by atoms with van der Waals surface area (Å²) in [6.45, 7) is 2.12. The van der Waals surface area contributed by atoms with Crippen molar-refractivity contribution in [3.63, 3.8) is 0 Å². The maximum atomic E-state index is 11.2. The van der Waals surface area contributed by atoms with Crippen molar-refractivity contribution in [1.82, 2.24) is 0 Å². The molecule has 2 rings (SSSR count). The van der Waals surface area contributed by atoms with Crippen LogP contribution in [0.1, 0.15) is 11.3 Å². The van der Waals surface area contributed by atoms with Crippen LogP contribution in [0.4, 0.5) is 0 Å². The van der Waals surface area contributed by atoms with Crippen LogP contribution in [-0.4, -0.2) is 0 Å². The highest BCUT2D eigenvalue weighted by Crippen LogP contribution is 2.11. The topological polar surface area (TPSA) is 39.4 Å². The Hall–Kier alpha value is -2.03. The van der Waals surface area contributed by atoms with Gasteiger partial charge in [0.15, 0.2) is 5.43 Å². The number of aryl methyl sites for hydroxylation is 1. The zero-order valence-corrected chi connectivity index (χ0v) is 8.97. The number of hydrogen-bond donors (Lipinski definition) is 0. The monoisotopic (exact) mass is 216 g/mol. The first-order valence-electron chi connectivity index (χ1n) is 5.02. The minimum absolute atomic E-state index is 0.105. The molecule has 0 saturated heterocycles. The van der Waals surface area contributed by atoms with E-state index in [1.807, 2.05) is 30.3 Å². The van der Waals surface area contributed by atoms with E-state index in [1.54, 1.807) is 6.92 Å². The average molecular weight is 216 g/mol. The molecule has 0 saturated carbocycles. The van der Waals surface area contributed by atoms with Gasteiger partial charge in [-0.3, -0.25) is 4.79 Å². The van der Waals surface area contributed by atoms with E-state index in [1.165, 1.54) is 12.1 Å². The molecule has 1 aromatic heterocycles. The van der Waals surface area contributed by atoms with Gasteiger partial charge in [-0.2, -0.15) is 0 Å². The fraction of sp³-hybridized carbons (Fsp3) is 0.154. The maximum absolute atomic E-state index is 11.2. The largest absolute Gasteiger partial charge is 0.460 e. The molecule has 0 spiro atoms. The van der Waals surface area contributed by atoms with Crippen LogP contribution in [0.3, 0.4) is 0 Å². The molecule has 0 amide bonds. The lowest BCUT2D eigenvalue weighted by Crippen LogP contribution is -2.01. The molecular formula is C13H12O3. The molecule has 16 heavy (non-hydrogen) atoms. The zero-order chi connectivity index (χ0) is 11.4. The second-order valence-electron chi connectivity index (χ2n) is 3.50. The quantitative estimate of drug-likeness (QED) is 0.791. The highest BCUT2D eigenvalue weighted by Gasteiger charge is 2.00. The smallest absolute Gasteiger partial charge is 0.288 e. The molecule has 0 atom stereocenters. The Labute approximate surface area is 93.3 Å². The Morgan fingerprint density at radius 2 is 1.94 bits per heavy atom. The van der Waals surface area contributed by atoms with Crippen LogP contribution >= 0.6 is 0 Å². The van der Waals surface area contributed by atoms with Gasteiger partial charge in [0.25, 0.3) is 5.95 Å². The summed E-state index contributed by atoms with van der Waals surface area (Å²) < 4.78 is 10.6. The van der Waals surface area contributed by atoms with Crippen molar-refractivity contribution < 1.29 is 9.15 Å².